The van der Waals surface area contributed by atoms with Gasteiger partial charge in [-0.2, -0.15) is 0 Å². The summed E-state index contributed by atoms with van der Waals surface area (Å²) in [4.78, 5) is 0. The predicted molar refractivity (Wildman–Crippen MR) is 137 cm³/mol. The van der Waals surface area contributed by atoms with Crippen LogP contribution < -0.4 is 18.2 Å². The van der Waals surface area contributed by atoms with Crippen LogP contribution in [-0.4, -0.2) is 24.3 Å². The first-order chi connectivity index (χ1) is 14.1. The first-order valence-corrected chi connectivity index (χ1v) is 16.8. The smallest absolute Gasteiger partial charge is 0.543 e. The number of hydrogen-bond donors (Lipinski definition) is 0. The Bertz CT molecular complexity index is 764. The van der Waals surface area contributed by atoms with Crippen molar-refractivity contribution in [3.8, 4) is 23.0 Å². The SMILES string of the molecule is CC(C)(C)[Si](C)(C)Oc1ccc(OBOc2ccc(O[Si](C)(C)C(C)(C)C)cc2)cc1. The summed E-state index contributed by atoms with van der Waals surface area (Å²) >= 11 is 0. The molecule has 2 aromatic carbocycles. The molecule has 0 spiro atoms. The molecule has 0 amide bonds. The zero-order valence-electron chi connectivity index (χ0n) is 21.0. The molecule has 31 heavy (non-hydrogen) atoms. The predicted octanol–water partition coefficient (Wildman–Crippen LogP) is 7.18. The van der Waals surface area contributed by atoms with Gasteiger partial charge < -0.3 is 18.2 Å². The maximum atomic E-state index is 6.30. The highest BCUT2D eigenvalue weighted by atomic mass is 28.4. The molecule has 0 aliphatic carbocycles. The quantitative estimate of drug-likeness (QED) is 0.393. The lowest BCUT2D eigenvalue weighted by Gasteiger charge is -2.36. The summed E-state index contributed by atoms with van der Waals surface area (Å²) in [6.45, 7) is 22.4. The van der Waals surface area contributed by atoms with Gasteiger partial charge in [-0.05, 0) is 84.8 Å². The molecular formula is C24H39BO4Si2. The lowest BCUT2D eigenvalue weighted by atomic mass is 10.2. The van der Waals surface area contributed by atoms with Gasteiger partial charge >= 0.3 is 7.69 Å². The van der Waals surface area contributed by atoms with E-state index in [0.29, 0.717) is 0 Å². The fraction of sp³-hybridized carbons (Fsp3) is 0.500. The molecule has 0 aromatic heterocycles. The molecular weight excluding hydrogens is 419 g/mol. The van der Waals surface area contributed by atoms with E-state index in [1.165, 1.54) is 0 Å². The first kappa shape index (κ1) is 25.4. The largest absolute Gasteiger partial charge is 0.576 e. The molecule has 4 nitrogen and oxygen atoms in total. The molecule has 0 saturated carbocycles. The van der Waals surface area contributed by atoms with Gasteiger partial charge in [0.25, 0.3) is 0 Å². The van der Waals surface area contributed by atoms with Gasteiger partial charge in [0, 0.05) is 0 Å². The highest BCUT2D eigenvalue weighted by Gasteiger charge is 2.39. The van der Waals surface area contributed by atoms with Crippen LogP contribution in [0.1, 0.15) is 41.5 Å². The van der Waals surface area contributed by atoms with Gasteiger partial charge in [-0.25, -0.2) is 0 Å². The van der Waals surface area contributed by atoms with E-state index in [0.717, 1.165) is 23.0 Å². The second kappa shape index (κ2) is 9.33. The lowest BCUT2D eigenvalue weighted by molar-refractivity contribution is 0.455. The number of rotatable bonds is 8. The van der Waals surface area contributed by atoms with Crippen molar-refractivity contribution in [2.24, 2.45) is 0 Å². The van der Waals surface area contributed by atoms with E-state index in [9.17, 15) is 0 Å². The average molecular weight is 459 g/mol. The minimum atomic E-state index is -1.84. The molecule has 0 N–H and O–H groups in total. The highest BCUT2D eigenvalue weighted by Crippen LogP contribution is 2.38. The van der Waals surface area contributed by atoms with Crippen molar-refractivity contribution >= 4 is 24.3 Å². The molecule has 0 unspecified atom stereocenters. The molecule has 170 valence electrons. The Kier molecular flexibility index (Phi) is 7.64. The van der Waals surface area contributed by atoms with Crippen molar-refractivity contribution in [3.63, 3.8) is 0 Å². The van der Waals surface area contributed by atoms with Crippen LogP contribution in [0.25, 0.3) is 0 Å². The van der Waals surface area contributed by atoms with E-state index in [1.54, 1.807) is 0 Å². The van der Waals surface area contributed by atoms with E-state index in [-0.39, 0.29) is 17.8 Å². The molecule has 0 radical (unpaired) electrons. The van der Waals surface area contributed by atoms with Crippen LogP contribution >= 0.6 is 0 Å². The Hall–Kier alpha value is -1.86. The first-order valence-electron chi connectivity index (χ1n) is 10.9. The Balaban J connectivity index is 1.86. The van der Waals surface area contributed by atoms with E-state index in [2.05, 4.69) is 67.7 Å². The Morgan fingerprint density at radius 3 is 1.03 bits per heavy atom. The average Bonchev–Trinajstić information content (AvgIpc) is 2.62. The van der Waals surface area contributed by atoms with Crippen LogP contribution in [0.3, 0.4) is 0 Å². The molecule has 0 fully saturated rings. The number of hydrogen-bond acceptors (Lipinski definition) is 4. The monoisotopic (exact) mass is 458 g/mol. The van der Waals surface area contributed by atoms with Gasteiger partial charge in [0.15, 0.2) is 0 Å². The third kappa shape index (κ3) is 7.07. The molecule has 2 rings (SSSR count). The topological polar surface area (TPSA) is 36.9 Å². The van der Waals surface area contributed by atoms with Crippen molar-refractivity contribution in [1.82, 2.24) is 0 Å². The van der Waals surface area contributed by atoms with Crippen LogP contribution in [0.15, 0.2) is 48.5 Å². The minimum absolute atomic E-state index is 0.144. The molecule has 2 aromatic rings. The molecule has 0 aliphatic heterocycles. The minimum Gasteiger partial charge on any atom is -0.543 e. The maximum Gasteiger partial charge on any atom is 0.576 e. The molecule has 0 heterocycles. The van der Waals surface area contributed by atoms with Crippen molar-refractivity contribution in [1.29, 1.82) is 0 Å². The van der Waals surface area contributed by atoms with Crippen molar-refractivity contribution in [2.45, 2.75) is 77.8 Å². The highest BCUT2D eigenvalue weighted by molar-refractivity contribution is 6.75. The standard InChI is InChI=1S/C24H39BO4Si2/c1-23(2,3)30(7,8)28-21-15-11-19(12-16-21)26-25-27-20-13-17-22(18-14-20)29-31(9,10)24(4,5)6/h11-18,25H,1-10H3. The third-order valence-corrected chi connectivity index (χ3v) is 15.2. The normalized spacial score (nSPS) is 12.8. The third-order valence-electron chi connectivity index (χ3n) is 6.46. The second-order valence-electron chi connectivity index (χ2n) is 11.1. The summed E-state index contributed by atoms with van der Waals surface area (Å²) in [5, 5.41) is 0.336. The van der Waals surface area contributed by atoms with Crippen LogP contribution in [-0.2, 0) is 0 Å². The Morgan fingerprint density at radius 1 is 0.516 bits per heavy atom. The van der Waals surface area contributed by atoms with E-state index < -0.39 is 16.6 Å². The molecule has 7 heteroatoms. The van der Waals surface area contributed by atoms with Crippen LogP contribution in [0.4, 0.5) is 0 Å². The lowest BCUT2D eigenvalue weighted by Crippen LogP contribution is -2.43. The maximum absolute atomic E-state index is 6.30. The summed E-state index contributed by atoms with van der Waals surface area (Å²) in [6, 6.07) is 15.5. The van der Waals surface area contributed by atoms with E-state index in [4.69, 9.17) is 18.2 Å². The Labute approximate surface area is 191 Å². The summed E-state index contributed by atoms with van der Waals surface area (Å²) in [6.07, 6.45) is 0. The summed E-state index contributed by atoms with van der Waals surface area (Å²) in [5.74, 6) is 3.27. The summed E-state index contributed by atoms with van der Waals surface area (Å²) < 4.78 is 24.1. The van der Waals surface area contributed by atoms with E-state index in [1.807, 2.05) is 48.5 Å². The van der Waals surface area contributed by atoms with Crippen LogP contribution in [0.5, 0.6) is 23.0 Å². The van der Waals surface area contributed by atoms with Crippen LogP contribution in [0, 0.1) is 0 Å². The molecule has 0 atom stereocenters. The molecule has 0 saturated heterocycles. The number of benzene rings is 2. The van der Waals surface area contributed by atoms with Gasteiger partial charge in [0.1, 0.15) is 23.0 Å². The second-order valence-corrected chi connectivity index (χ2v) is 20.5. The Morgan fingerprint density at radius 2 is 0.774 bits per heavy atom. The fourth-order valence-electron chi connectivity index (χ4n) is 2.27. The van der Waals surface area contributed by atoms with Gasteiger partial charge in [-0.3, -0.25) is 0 Å². The summed E-state index contributed by atoms with van der Waals surface area (Å²) in [7, 11) is -3.53. The van der Waals surface area contributed by atoms with Gasteiger partial charge in [-0.15, -0.1) is 0 Å². The van der Waals surface area contributed by atoms with Gasteiger partial charge in [-0.1, -0.05) is 41.5 Å². The summed E-state index contributed by atoms with van der Waals surface area (Å²) in [5.41, 5.74) is 0. The zero-order valence-corrected chi connectivity index (χ0v) is 23.0. The fourth-order valence-corrected chi connectivity index (χ4v) is 4.33. The molecule has 0 bridgehead atoms. The van der Waals surface area contributed by atoms with Gasteiger partial charge in [0.2, 0.25) is 16.6 Å². The van der Waals surface area contributed by atoms with Crippen LogP contribution in [0.2, 0.25) is 36.3 Å². The van der Waals surface area contributed by atoms with Crippen molar-refractivity contribution in [2.75, 3.05) is 0 Å². The van der Waals surface area contributed by atoms with Gasteiger partial charge in [0.05, 0.1) is 0 Å². The van der Waals surface area contributed by atoms with E-state index >= 15 is 0 Å². The van der Waals surface area contributed by atoms with Crippen molar-refractivity contribution < 1.29 is 18.2 Å². The molecule has 0 aliphatic rings. The van der Waals surface area contributed by atoms with Crippen molar-refractivity contribution in [3.05, 3.63) is 48.5 Å². The zero-order chi connectivity index (χ0) is 23.5.